The molecular formula is C60H114MoO12-6. The van der Waals surface area contributed by atoms with Crippen molar-refractivity contribution in [2.24, 2.45) is 32.5 Å². The Morgan fingerprint density at radius 1 is 0.205 bits per heavy atom. The molecule has 0 saturated heterocycles. The van der Waals surface area contributed by atoms with Crippen molar-refractivity contribution in [2.75, 3.05) is 0 Å². The summed E-state index contributed by atoms with van der Waals surface area (Å²) >= 11 is 0. The summed E-state index contributed by atoms with van der Waals surface area (Å²) in [7, 11) is 0. The maximum atomic E-state index is 10.0. The van der Waals surface area contributed by atoms with Crippen LogP contribution < -0.4 is 30.6 Å². The zero-order chi connectivity index (χ0) is 57.7. The van der Waals surface area contributed by atoms with Gasteiger partial charge in [-0.3, -0.25) is 0 Å². The van der Waals surface area contributed by atoms with E-state index in [1.54, 1.807) is 0 Å². The first-order valence-corrected chi connectivity index (χ1v) is 27.7. The molecule has 0 bridgehead atoms. The van der Waals surface area contributed by atoms with E-state index in [0.29, 0.717) is 32.5 Å². The fraction of sp³-hybridized carbons (Fsp3) is 0.900. The quantitative estimate of drug-likeness (QED) is 0.0482. The Hall–Kier alpha value is -2.49. The molecule has 0 unspecified atom stereocenters. The number of rotatable bonds is 30. The predicted molar refractivity (Wildman–Crippen MR) is 285 cm³/mol. The molecule has 0 atom stereocenters. The Kier molecular flexibility index (Phi) is 56.8. The van der Waals surface area contributed by atoms with Crippen molar-refractivity contribution >= 4 is 35.8 Å². The smallest absolute Gasteiger partial charge is 0.0414 e. The third-order valence-corrected chi connectivity index (χ3v) is 10.8. The summed E-state index contributed by atoms with van der Waals surface area (Å²) in [5.74, 6) is -5.55. The molecule has 0 fully saturated rings. The minimum absolute atomic E-state index is 0. The molecule has 0 rings (SSSR count). The molecule has 0 aliphatic heterocycles. The van der Waals surface area contributed by atoms with Gasteiger partial charge in [-0.15, -0.1) is 0 Å². The number of aliphatic carboxylic acids is 6. The van der Waals surface area contributed by atoms with Crippen LogP contribution in [0.25, 0.3) is 0 Å². The van der Waals surface area contributed by atoms with Gasteiger partial charge >= 0.3 is 0 Å². The monoisotopic (exact) mass is 1120 g/mol. The molecule has 0 aromatic rings. The van der Waals surface area contributed by atoms with E-state index in [9.17, 15) is 59.4 Å². The molecule has 0 radical (unpaired) electrons. The van der Waals surface area contributed by atoms with E-state index in [1.807, 2.05) is 0 Å². The van der Waals surface area contributed by atoms with Gasteiger partial charge in [0.2, 0.25) is 0 Å². The molecule has 0 aliphatic carbocycles. The first kappa shape index (κ1) is 84.5. The van der Waals surface area contributed by atoms with Gasteiger partial charge in [0.05, 0.1) is 0 Å². The van der Waals surface area contributed by atoms with Gasteiger partial charge in [0.1, 0.15) is 0 Å². The van der Waals surface area contributed by atoms with Crippen LogP contribution in [0.15, 0.2) is 0 Å². The topological polar surface area (TPSA) is 241 Å². The summed E-state index contributed by atoms with van der Waals surface area (Å²) in [6, 6.07) is 0. The fourth-order valence-corrected chi connectivity index (χ4v) is 6.61. The Labute approximate surface area is 463 Å². The van der Waals surface area contributed by atoms with Crippen LogP contribution in [-0.2, 0) is 49.8 Å². The molecule has 0 saturated carbocycles. The van der Waals surface area contributed by atoms with E-state index >= 15 is 0 Å². The number of carboxylic acids is 6. The second kappa shape index (κ2) is 49.1. The zero-order valence-electron chi connectivity index (χ0n) is 50.5. The van der Waals surface area contributed by atoms with Crippen LogP contribution in [0.4, 0.5) is 0 Å². The van der Waals surface area contributed by atoms with Crippen molar-refractivity contribution in [2.45, 2.75) is 317 Å². The van der Waals surface area contributed by atoms with Gasteiger partial charge in [0, 0.05) is 56.9 Å². The van der Waals surface area contributed by atoms with Crippen LogP contribution in [0.5, 0.6) is 0 Å². The molecule has 0 aromatic heterocycles. The van der Waals surface area contributed by atoms with Crippen LogP contribution in [-0.4, -0.2) is 35.8 Å². The molecule has 0 N–H and O–H groups in total. The van der Waals surface area contributed by atoms with Crippen molar-refractivity contribution < 1.29 is 80.5 Å². The molecule has 73 heavy (non-hydrogen) atoms. The van der Waals surface area contributed by atoms with Gasteiger partial charge in [-0.1, -0.05) is 202 Å². The molecule has 12 nitrogen and oxygen atoms in total. The standard InChI is InChI=1S/6C10H20O2.Mo/c6*1-10(2,3)8-6-4-5-7-9(11)12;/h6*4-8H2,1-3H3,(H,11,12);/p-6. The number of carbonyl (C=O) groups is 6. The maximum Gasteiger partial charge on any atom is 0.0414 e. The van der Waals surface area contributed by atoms with E-state index < -0.39 is 35.8 Å². The van der Waals surface area contributed by atoms with Crippen LogP contribution in [0.3, 0.4) is 0 Å². The number of carbonyl (C=O) groups excluding carboxylic acids is 6. The van der Waals surface area contributed by atoms with Gasteiger partial charge in [0.25, 0.3) is 0 Å². The molecule has 0 amide bonds. The Bertz CT molecular complexity index is 1070. The fourth-order valence-electron chi connectivity index (χ4n) is 6.61. The van der Waals surface area contributed by atoms with Crippen molar-refractivity contribution in [3.05, 3.63) is 0 Å². The van der Waals surface area contributed by atoms with Crippen LogP contribution in [0, 0.1) is 32.5 Å². The Balaban J connectivity index is -0.000000143. The number of hydrogen-bond donors (Lipinski definition) is 0. The Morgan fingerprint density at radius 2 is 0.301 bits per heavy atom. The van der Waals surface area contributed by atoms with Crippen molar-refractivity contribution in [1.29, 1.82) is 0 Å². The van der Waals surface area contributed by atoms with Crippen LogP contribution in [0.2, 0.25) is 0 Å². The summed E-state index contributed by atoms with van der Waals surface area (Å²) in [6.45, 7) is 39.6. The van der Waals surface area contributed by atoms with Gasteiger partial charge in [0.15, 0.2) is 0 Å². The summed E-state index contributed by atoms with van der Waals surface area (Å²) in [5.41, 5.74) is 2.26. The van der Waals surface area contributed by atoms with E-state index in [-0.39, 0.29) is 59.6 Å². The van der Waals surface area contributed by atoms with Gasteiger partial charge in [-0.05, 0) is 148 Å². The predicted octanol–water partition coefficient (Wildman–Crippen LogP) is 10.4. The maximum absolute atomic E-state index is 10.0. The summed E-state index contributed by atoms with van der Waals surface area (Å²) in [4.78, 5) is 60.3. The molecule has 438 valence electrons. The number of hydrogen-bond acceptors (Lipinski definition) is 12. The first-order chi connectivity index (χ1) is 32.5. The average molecular weight is 1120 g/mol. The third-order valence-electron chi connectivity index (χ3n) is 10.8. The molecule has 0 heterocycles. The van der Waals surface area contributed by atoms with E-state index in [4.69, 9.17) is 0 Å². The average Bonchev–Trinajstić information content (AvgIpc) is 3.15. The first-order valence-electron chi connectivity index (χ1n) is 27.7. The molecule has 0 aliphatic rings. The SMILES string of the molecule is CC(C)(C)CCCCCC(=O)[O-].CC(C)(C)CCCCCC(=O)[O-].CC(C)(C)CCCCCC(=O)[O-].CC(C)(C)CCCCCC(=O)[O-].CC(C)(C)CCCCCC(=O)[O-].CC(C)(C)CCCCCC(=O)[O-].[Mo]. The van der Waals surface area contributed by atoms with Gasteiger partial charge < -0.3 is 59.4 Å². The van der Waals surface area contributed by atoms with Crippen molar-refractivity contribution in [3.63, 3.8) is 0 Å². The van der Waals surface area contributed by atoms with Gasteiger partial charge in [-0.2, -0.15) is 0 Å². The van der Waals surface area contributed by atoms with Crippen molar-refractivity contribution in [1.82, 2.24) is 0 Å². The normalized spacial score (nSPS) is 11.4. The third kappa shape index (κ3) is 119. The summed E-state index contributed by atoms with van der Waals surface area (Å²) in [5, 5.41) is 60.3. The zero-order valence-corrected chi connectivity index (χ0v) is 52.5. The van der Waals surface area contributed by atoms with E-state index in [0.717, 1.165) is 116 Å². The summed E-state index contributed by atoms with van der Waals surface area (Å²) < 4.78 is 0. The molecule has 0 aromatic carbocycles. The largest absolute Gasteiger partial charge is 0.550 e. The van der Waals surface area contributed by atoms with Gasteiger partial charge in [-0.25, -0.2) is 0 Å². The molecule has 13 heteroatoms. The van der Waals surface area contributed by atoms with Crippen LogP contribution in [0.1, 0.15) is 317 Å². The van der Waals surface area contributed by atoms with E-state index in [1.165, 1.54) is 38.5 Å². The molecular weight excluding hydrogens is 1010 g/mol. The van der Waals surface area contributed by atoms with Crippen molar-refractivity contribution in [3.8, 4) is 0 Å². The number of carboxylic acid groups (broad SMARTS) is 6. The van der Waals surface area contributed by atoms with E-state index in [2.05, 4.69) is 125 Å². The second-order valence-corrected chi connectivity index (χ2v) is 27.0. The molecule has 0 spiro atoms. The minimum atomic E-state index is -0.925. The Morgan fingerprint density at radius 3 is 0.370 bits per heavy atom. The number of unbranched alkanes of at least 4 members (excludes halogenated alkanes) is 12. The second-order valence-electron chi connectivity index (χ2n) is 27.0. The summed E-state index contributed by atoms with van der Waals surface area (Å²) in [6.07, 6.45) is 25.6. The minimum Gasteiger partial charge on any atom is -0.550 e. The van der Waals surface area contributed by atoms with Crippen LogP contribution >= 0.6 is 0 Å².